The number of rotatable bonds is 1. The maximum absolute atomic E-state index is 5.53. The summed E-state index contributed by atoms with van der Waals surface area (Å²) in [7, 11) is 0. The minimum atomic E-state index is 0.458. The molecule has 0 atom stereocenters. The van der Waals surface area contributed by atoms with Gasteiger partial charge in [0.25, 0.3) is 0 Å². The third kappa shape index (κ3) is 1.62. The summed E-state index contributed by atoms with van der Waals surface area (Å²) in [6, 6.07) is 6.36. The molecule has 0 aliphatic carbocycles. The number of hydrogen-bond acceptors (Lipinski definition) is 2. The zero-order valence-electron chi connectivity index (χ0n) is 8.33. The SMILES string of the molecule is Cc1cc(C)cc(-c2cnc(N)[nH]2)c1. The molecule has 1 heterocycles. The minimum Gasteiger partial charge on any atom is -0.369 e. The molecule has 0 bridgehead atoms. The molecule has 0 aliphatic rings. The number of hydrogen-bond donors (Lipinski definition) is 2. The van der Waals surface area contributed by atoms with E-state index >= 15 is 0 Å². The average Bonchev–Trinajstić information content (AvgIpc) is 2.50. The number of anilines is 1. The zero-order chi connectivity index (χ0) is 10.1. The quantitative estimate of drug-likeness (QED) is 0.719. The highest BCUT2D eigenvalue weighted by molar-refractivity contribution is 5.61. The van der Waals surface area contributed by atoms with E-state index in [-0.39, 0.29) is 0 Å². The molecule has 0 radical (unpaired) electrons. The molecule has 1 aromatic carbocycles. The maximum Gasteiger partial charge on any atom is 0.197 e. The smallest absolute Gasteiger partial charge is 0.197 e. The van der Waals surface area contributed by atoms with E-state index in [2.05, 4.69) is 42.0 Å². The van der Waals surface area contributed by atoms with Gasteiger partial charge in [0.2, 0.25) is 0 Å². The Morgan fingerprint density at radius 3 is 2.29 bits per heavy atom. The first-order valence-corrected chi connectivity index (χ1v) is 4.54. The van der Waals surface area contributed by atoms with Gasteiger partial charge in [-0.15, -0.1) is 0 Å². The lowest BCUT2D eigenvalue weighted by molar-refractivity contribution is 1.32. The largest absolute Gasteiger partial charge is 0.369 e. The molecule has 72 valence electrons. The number of aromatic nitrogens is 2. The normalized spacial score (nSPS) is 10.4. The molecule has 14 heavy (non-hydrogen) atoms. The number of H-pyrrole nitrogens is 1. The summed E-state index contributed by atoms with van der Waals surface area (Å²) in [6.45, 7) is 4.16. The van der Waals surface area contributed by atoms with Gasteiger partial charge in [-0.25, -0.2) is 4.98 Å². The molecule has 3 nitrogen and oxygen atoms in total. The molecule has 0 spiro atoms. The van der Waals surface area contributed by atoms with Crippen molar-refractivity contribution < 1.29 is 0 Å². The first-order valence-electron chi connectivity index (χ1n) is 4.54. The fourth-order valence-electron chi connectivity index (χ4n) is 1.61. The summed E-state index contributed by atoms with van der Waals surface area (Å²) in [5.74, 6) is 0.458. The monoisotopic (exact) mass is 187 g/mol. The number of aryl methyl sites for hydroxylation is 2. The van der Waals surface area contributed by atoms with Crippen LogP contribution in [0.5, 0.6) is 0 Å². The molecule has 0 aliphatic heterocycles. The molecule has 0 fully saturated rings. The second kappa shape index (κ2) is 3.18. The van der Waals surface area contributed by atoms with Crippen LogP contribution in [0.25, 0.3) is 11.3 Å². The van der Waals surface area contributed by atoms with Crippen molar-refractivity contribution >= 4 is 5.95 Å². The summed E-state index contributed by atoms with van der Waals surface area (Å²) >= 11 is 0. The van der Waals surface area contributed by atoms with Gasteiger partial charge in [-0.2, -0.15) is 0 Å². The molecule has 0 amide bonds. The van der Waals surface area contributed by atoms with Gasteiger partial charge >= 0.3 is 0 Å². The number of nitrogens with one attached hydrogen (secondary N) is 1. The zero-order valence-corrected chi connectivity index (χ0v) is 8.33. The second-order valence-electron chi connectivity index (χ2n) is 3.56. The molecular formula is C11H13N3. The molecule has 3 N–H and O–H groups in total. The van der Waals surface area contributed by atoms with E-state index < -0.39 is 0 Å². The van der Waals surface area contributed by atoms with Crippen LogP contribution in [-0.2, 0) is 0 Å². The number of imidazole rings is 1. The highest BCUT2D eigenvalue weighted by atomic mass is 15.0. The van der Waals surface area contributed by atoms with Crippen molar-refractivity contribution in [3.05, 3.63) is 35.5 Å². The Morgan fingerprint density at radius 1 is 1.14 bits per heavy atom. The average molecular weight is 187 g/mol. The Kier molecular flexibility index (Phi) is 2.00. The van der Waals surface area contributed by atoms with Crippen LogP contribution < -0.4 is 5.73 Å². The molecule has 0 unspecified atom stereocenters. The fraction of sp³-hybridized carbons (Fsp3) is 0.182. The van der Waals surface area contributed by atoms with E-state index in [0.717, 1.165) is 11.3 Å². The lowest BCUT2D eigenvalue weighted by Crippen LogP contribution is -1.86. The number of aromatic amines is 1. The first kappa shape index (κ1) is 8.81. The van der Waals surface area contributed by atoms with Gasteiger partial charge in [-0.05, 0) is 26.0 Å². The molecule has 1 aromatic heterocycles. The Hall–Kier alpha value is -1.77. The highest BCUT2D eigenvalue weighted by Gasteiger charge is 2.01. The fourth-order valence-corrected chi connectivity index (χ4v) is 1.61. The lowest BCUT2D eigenvalue weighted by Gasteiger charge is -2.01. The predicted molar refractivity (Wildman–Crippen MR) is 57.9 cm³/mol. The van der Waals surface area contributed by atoms with Crippen molar-refractivity contribution in [3.63, 3.8) is 0 Å². The van der Waals surface area contributed by atoms with Gasteiger partial charge in [-0.1, -0.05) is 17.2 Å². The molecule has 2 rings (SSSR count). The predicted octanol–water partition coefficient (Wildman–Crippen LogP) is 2.28. The van der Waals surface area contributed by atoms with E-state index in [1.54, 1.807) is 6.20 Å². The second-order valence-corrected chi connectivity index (χ2v) is 3.56. The summed E-state index contributed by atoms with van der Waals surface area (Å²) in [5, 5.41) is 0. The van der Waals surface area contributed by atoms with Crippen molar-refractivity contribution in [2.75, 3.05) is 5.73 Å². The van der Waals surface area contributed by atoms with Crippen LogP contribution in [0.1, 0.15) is 11.1 Å². The summed E-state index contributed by atoms with van der Waals surface area (Å²) in [4.78, 5) is 6.99. The van der Waals surface area contributed by atoms with Crippen molar-refractivity contribution in [1.82, 2.24) is 9.97 Å². The summed E-state index contributed by atoms with van der Waals surface area (Å²) in [6.07, 6.45) is 1.75. The Balaban J connectivity index is 2.51. The van der Waals surface area contributed by atoms with Gasteiger partial charge < -0.3 is 10.7 Å². The van der Waals surface area contributed by atoms with E-state index in [0.29, 0.717) is 5.95 Å². The van der Waals surface area contributed by atoms with E-state index in [9.17, 15) is 0 Å². The number of benzene rings is 1. The molecule has 3 heteroatoms. The van der Waals surface area contributed by atoms with Crippen molar-refractivity contribution in [1.29, 1.82) is 0 Å². The third-order valence-corrected chi connectivity index (χ3v) is 2.13. The number of nitrogens with two attached hydrogens (primary N) is 1. The van der Waals surface area contributed by atoms with Crippen molar-refractivity contribution in [2.45, 2.75) is 13.8 Å². The van der Waals surface area contributed by atoms with Gasteiger partial charge in [0, 0.05) is 5.56 Å². The Bertz CT molecular complexity index is 437. The molecule has 0 saturated carbocycles. The van der Waals surface area contributed by atoms with Crippen molar-refractivity contribution in [2.24, 2.45) is 0 Å². The highest BCUT2D eigenvalue weighted by Crippen LogP contribution is 2.20. The molecule has 0 saturated heterocycles. The maximum atomic E-state index is 5.53. The minimum absolute atomic E-state index is 0.458. The summed E-state index contributed by atoms with van der Waals surface area (Å²) in [5.41, 5.74) is 10.1. The van der Waals surface area contributed by atoms with Gasteiger partial charge in [0.15, 0.2) is 5.95 Å². The number of nitrogen functional groups attached to an aromatic ring is 1. The summed E-state index contributed by atoms with van der Waals surface area (Å²) < 4.78 is 0. The van der Waals surface area contributed by atoms with E-state index in [1.165, 1.54) is 11.1 Å². The molecule has 2 aromatic rings. The van der Waals surface area contributed by atoms with Crippen LogP contribution in [0.4, 0.5) is 5.95 Å². The Labute approximate surface area is 83.0 Å². The van der Waals surface area contributed by atoms with Crippen LogP contribution in [0.3, 0.4) is 0 Å². The molecular weight excluding hydrogens is 174 g/mol. The topological polar surface area (TPSA) is 54.7 Å². The Morgan fingerprint density at radius 2 is 1.79 bits per heavy atom. The van der Waals surface area contributed by atoms with Gasteiger partial charge in [0.1, 0.15) is 0 Å². The lowest BCUT2D eigenvalue weighted by atomic mass is 10.1. The van der Waals surface area contributed by atoms with Crippen LogP contribution >= 0.6 is 0 Å². The van der Waals surface area contributed by atoms with Crippen LogP contribution in [0, 0.1) is 13.8 Å². The number of nitrogens with zero attached hydrogens (tertiary/aromatic N) is 1. The van der Waals surface area contributed by atoms with Crippen molar-refractivity contribution in [3.8, 4) is 11.3 Å². The standard InChI is InChI=1S/C11H13N3/c1-7-3-8(2)5-9(4-7)10-6-13-11(12)14-10/h3-6H,1-2H3,(H3,12,13,14). The van der Waals surface area contributed by atoms with E-state index in [1.807, 2.05) is 0 Å². The third-order valence-electron chi connectivity index (χ3n) is 2.13. The van der Waals surface area contributed by atoms with E-state index in [4.69, 9.17) is 5.73 Å². The van der Waals surface area contributed by atoms with Crippen LogP contribution in [0.2, 0.25) is 0 Å². The van der Waals surface area contributed by atoms with Gasteiger partial charge in [0.05, 0.1) is 11.9 Å². The van der Waals surface area contributed by atoms with Crippen LogP contribution in [0.15, 0.2) is 24.4 Å². The first-order chi connectivity index (χ1) is 6.65. The van der Waals surface area contributed by atoms with Gasteiger partial charge in [-0.3, -0.25) is 0 Å². The van der Waals surface area contributed by atoms with Crippen LogP contribution in [-0.4, -0.2) is 9.97 Å².